The molecule has 0 aliphatic carbocycles. The second-order valence-electron chi connectivity index (χ2n) is 9.14. The first-order valence-corrected chi connectivity index (χ1v) is 12.2. The first kappa shape index (κ1) is 21.6. The van der Waals surface area contributed by atoms with Crippen LogP contribution in [0.15, 0.2) is 28.8 Å². The van der Waals surface area contributed by atoms with Gasteiger partial charge in [0, 0.05) is 29.9 Å². The number of hydrogen-bond acceptors (Lipinski definition) is 6. The molecular formula is C23H31N5O3S. The van der Waals surface area contributed by atoms with E-state index in [4.69, 9.17) is 4.74 Å². The number of likely N-dealkylation sites (N-methyl/N-ethyl adjacent to an activating group) is 1. The van der Waals surface area contributed by atoms with Gasteiger partial charge in [-0.25, -0.2) is 4.79 Å². The SMILES string of the molecule is COc1ccc(N2C(=O)NC3=C(C(=O)N[C@@H]4CCCN(C)C4)SC4NCCC2C34)c(C)c1. The Kier molecular flexibility index (Phi) is 5.81. The second-order valence-corrected chi connectivity index (χ2v) is 10.3. The number of rotatable bonds is 4. The van der Waals surface area contributed by atoms with E-state index in [9.17, 15) is 9.59 Å². The Balaban J connectivity index is 1.42. The predicted molar refractivity (Wildman–Crippen MR) is 126 cm³/mol. The zero-order chi connectivity index (χ0) is 22.4. The van der Waals surface area contributed by atoms with Gasteiger partial charge in [0.1, 0.15) is 5.75 Å². The van der Waals surface area contributed by atoms with Crippen molar-refractivity contribution in [1.29, 1.82) is 0 Å². The number of thioether (sulfide) groups is 1. The highest BCUT2D eigenvalue weighted by Crippen LogP contribution is 2.48. The zero-order valence-electron chi connectivity index (χ0n) is 18.8. The minimum Gasteiger partial charge on any atom is -0.497 e. The molecule has 1 aromatic carbocycles. The average Bonchev–Trinajstić information content (AvgIpc) is 3.14. The third-order valence-electron chi connectivity index (χ3n) is 6.97. The van der Waals surface area contributed by atoms with Crippen molar-refractivity contribution in [1.82, 2.24) is 20.9 Å². The summed E-state index contributed by atoms with van der Waals surface area (Å²) in [5.74, 6) is 0.772. The number of benzene rings is 1. The molecule has 8 nitrogen and oxygen atoms in total. The van der Waals surface area contributed by atoms with Crippen LogP contribution in [0.2, 0.25) is 0 Å². The highest BCUT2D eigenvalue weighted by Gasteiger charge is 2.52. The maximum absolute atomic E-state index is 13.3. The minimum atomic E-state index is -0.166. The molecule has 1 aromatic rings. The van der Waals surface area contributed by atoms with Gasteiger partial charge < -0.3 is 25.6 Å². The van der Waals surface area contributed by atoms with E-state index in [1.807, 2.05) is 30.0 Å². The van der Waals surface area contributed by atoms with E-state index < -0.39 is 0 Å². The lowest BCUT2D eigenvalue weighted by atomic mass is 9.86. The zero-order valence-corrected chi connectivity index (χ0v) is 19.6. The van der Waals surface area contributed by atoms with Crippen molar-refractivity contribution in [2.75, 3.05) is 38.7 Å². The van der Waals surface area contributed by atoms with E-state index in [1.165, 1.54) is 0 Å². The number of carbonyl (C=O) groups excluding carboxylic acids is 2. The molecule has 4 heterocycles. The largest absolute Gasteiger partial charge is 0.497 e. The summed E-state index contributed by atoms with van der Waals surface area (Å²) in [6, 6.07) is 5.79. The summed E-state index contributed by atoms with van der Waals surface area (Å²) in [6.07, 6.45) is 2.92. The van der Waals surface area contributed by atoms with E-state index in [-0.39, 0.29) is 35.3 Å². The predicted octanol–water partition coefficient (Wildman–Crippen LogP) is 2.01. The van der Waals surface area contributed by atoms with Gasteiger partial charge in [0.15, 0.2) is 0 Å². The molecule has 3 unspecified atom stereocenters. The lowest BCUT2D eigenvalue weighted by Gasteiger charge is -2.46. The summed E-state index contributed by atoms with van der Waals surface area (Å²) < 4.78 is 5.34. The molecule has 3 saturated heterocycles. The number of amides is 3. The number of aryl methyl sites for hydroxylation is 1. The molecular weight excluding hydrogens is 426 g/mol. The molecule has 0 saturated carbocycles. The average molecular weight is 458 g/mol. The summed E-state index contributed by atoms with van der Waals surface area (Å²) in [4.78, 5) is 31.4. The van der Waals surface area contributed by atoms with Crippen molar-refractivity contribution in [3.8, 4) is 5.75 Å². The minimum absolute atomic E-state index is 0.00992. The number of ether oxygens (including phenoxy) is 1. The molecule has 0 spiro atoms. The van der Waals surface area contributed by atoms with Crippen molar-refractivity contribution >= 4 is 29.4 Å². The van der Waals surface area contributed by atoms with Gasteiger partial charge in [-0.2, -0.15) is 0 Å². The van der Waals surface area contributed by atoms with Crippen LogP contribution in [0.1, 0.15) is 24.8 Å². The maximum atomic E-state index is 13.3. The number of likely N-dealkylation sites (tertiary alicyclic amines) is 1. The van der Waals surface area contributed by atoms with Gasteiger partial charge in [-0.15, -0.1) is 0 Å². The Bertz CT molecular complexity index is 967. The fraction of sp³-hybridized carbons (Fsp3) is 0.565. The highest BCUT2D eigenvalue weighted by atomic mass is 32.2. The Morgan fingerprint density at radius 1 is 1.31 bits per heavy atom. The summed E-state index contributed by atoms with van der Waals surface area (Å²) in [5.41, 5.74) is 2.67. The smallest absolute Gasteiger partial charge is 0.326 e. The van der Waals surface area contributed by atoms with E-state index in [0.29, 0.717) is 4.91 Å². The van der Waals surface area contributed by atoms with Gasteiger partial charge in [-0.1, -0.05) is 11.8 Å². The van der Waals surface area contributed by atoms with Gasteiger partial charge in [0.05, 0.1) is 23.4 Å². The lowest BCUT2D eigenvalue weighted by molar-refractivity contribution is -0.117. The molecule has 3 fully saturated rings. The lowest BCUT2D eigenvalue weighted by Crippen LogP contribution is -2.62. The Morgan fingerprint density at radius 3 is 2.91 bits per heavy atom. The monoisotopic (exact) mass is 457 g/mol. The first-order chi connectivity index (χ1) is 15.5. The Morgan fingerprint density at radius 2 is 2.16 bits per heavy atom. The summed E-state index contributed by atoms with van der Waals surface area (Å²) in [5, 5.41) is 9.95. The number of carbonyl (C=O) groups is 2. The molecule has 4 atom stereocenters. The van der Waals surface area contributed by atoms with E-state index >= 15 is 0 Å². The molecule has 0 bridgehead atoms. The van der Waals surface area contributed by atoms with Crippen molar-refractivity contribution in [2.45, 2.75) is 43.6 Å². The van der Waals surface area contributed by atoms with Crippen LogP contribution in [-0.4, -0.2) is 68.1 Å². The molecule has 4 aliphatic rings. The number of hydrogen-bond donors (Lipinski definition) is 3. The number of methoxy groups -OCH3 is 1. The molecule has 5 rings (SSSR count). The van der Waals surface area contributed by atoms with E-state index in [0.717, 1.165) is 61.6 Å². The van der Waals surface area contributed by atoms with Crippen LogP contribution >= 0.6 is 11.8 Å². The number of nitrogens with zero attached hydrogens (tertiary/aromatic N) is 2. The Hall–Kier alpha value is -2.23. The molecule has 32 heavy (non-hydrogen) atoms. The van der Waals surface area contributed by atoms with Crippen LogP contribution in [0.3, 0.4) is 0 Å². The maximum Gasteiger partial charge on any atom is 0.326 e. The highest BCUT2D eigenvalue weighted by molar-refractivity contribution is 8.04. The third-order valence-corrected chi connectivity index (χ3v) is 8.33. The fourth-order valence-corrected chi connectivity index (χ4v) is 6.86. The van der Waals surface area contributed by atoms with Crippen molar-refractivity contribution in [2.24, 2.45) is 5.92 Å². The number of piperidine rings is 2. The molecule has 0 aromatic heterocycles. The van der Waals surface area contributed by atoms with Crippen LogP contribution in [-0.2, 0) is 4.79 Å². The van der Waals surface area contributed by atoms with Crippen LogP contribution < -0.4 is 25.6 Å². The first-order valence-electron chi connectivity index (χ1n) is 11.3. The molecule has 172 valence electrons. The number of urea groups is 1. The van der Waals surface area contributed by atoms with E-state index in [1.54, 1.807) is 18.9 Å². The molecule has 4 aliphatic heterocycles. The van der Waals surface area contributed by atoms with Gasteiger partial charge in [0.2, 0.25) is 0 Å². The van der Waals surface area contributed by atoms with Gasteiger partial charge in [-0.3, -0.25) is 9.69 Å². The summed E-state index contributed by atoms with van der Waals surface area (Å²) >= 11 is 1.56. The van der Waals surface area contributed by atoms with Crippen LogP contribution in [0.25, 0.3) is 0 Å². The molecule has 0 radical (unpaired) electrons. The summed E-state index contributed by atoms with van der Waals surface area (Å²) in [7, 11) is 3.73. The van der Waals surface area contributed by atoms with Crippen LogP contribution in [0.4, 0.5) is 10.5 Å². The quantitative estimate of drug-likeness (QED) is 0.641. The van der Waals surface area contributed by atoms with Crippen molar-refractivity contribution in [3.63, 3.8) is 0 Å². The van der Waals surface area contributed by atoms with Gasteiger partial charge in [0.25, 0.3) is 5.91 Å². The van der Waals surface area contributed by atoms with Gasteiger partial charge >= 0.3 is 6.03 Å². The van der Waals surface area contributed by atoms with E-state index in [2.05, 4.69) is 27.9 Å². The van der Waals surface area contributed by atoms with Crippen molar-refractivity contribution in [3.05, 3.63) is 34.4 Å². The standard InChI is InChI=1S/C23H31N5O3S/c1-13-11-15(31-3)6-7-16(13)28-17-8-9-24-22-18(17)19(26-23(28)30)20(32-22)21(29)25-14-5-4-10-27(2)12-14/h6-7,11,14,17-18,22,24H,4-5,8-10,12H2,1-3H3,(H,25,29)(H,26,30)/t14-,17?,18?,22?/m1/s1. The van der Waals surface area contributed by atoms with Crippen molar-refractivity contribution < 1.29 is 14.3 Å². The summed E-state index contributed by atoms with van der Waals surface area (Å²) in [6.45, 7) is 4.75. The normalized spacial score (nSPS) is 30.1. The number of anilines is 1. The van der Waals surface area contributed by atoms with Gasteiger partial charge in [-0.05, 0) is 70.1 Å². The topological polar surface area (TPSA) is 85.9 Å². The van der Waals surface area contributed by atoms with Crippen LogP contribution in [0.5, 0.6) is 5.75 Å². The number of nitrogens with one attached hydrogen (secondary N) is 3. The molecule has 9 heteroatoms. The third kappa shape index (κ3) is 3.76. The molecule has 3 amide bonds. The Labute approximate surface area is 193 Å². The second kappa shape index (κ2) is 8.61. The van der Waals surface area contributed by atoms with Crippen LogP contribution in [0, 0.1) is 12.8 Å². The molecule has 3 N–H and O–H groups in total. The fourth-order valence-electron chi connectivity index (χ4n) is 5.46.